The van der Waals surface area contributed by atoms with Gasteiger partial charge in [-0.05, 0) is 48.7 Å². The Morgan fingerprint density at radius 3 is 2.52 bits per heavy atom. The van der Waals surface area contributed by atoms with E-state index >= 15 is 0 Å². The van der Waals surface area contributed by atoms with Gasteiger partial charge in [-0.25, -0.2) is 4.90 Å². The van der Waals surface area contributed by atoms with Crippen molar-refractivity contribution in [3.63, 3.8) is 0 Å². The number of aryl methyl sites for hydroxylation is 1. The van der Waals surface area contributed by atoms with Crippen molar-refractivity contribution in [2.75, 3.05) is 13.7 Å². The molecule has 1 fully saturated rings. The lowest BCUT2D eigenvalue weighted by atomic mass is 10.1. The number of aromatic nitrogens is 1. The Morgan fingerprint density at radius 1 is 1.17 bits per heavy atom. The summed E-state index contributed by atoms with van der Waals surface area (Å²) < 4.78 is 10.7. The summed E-state index contributed by atoms with van der Waals surface area (Å²) in [6.07, 6.45) is 4.08. The topological polar surface area (TPSA) is 68.7 Å². The van der Waals surface area contributed by atoms with E-state index in [2.05, 4.69) is 24.6 Å². The van der Waals surface area contributed by atoms with Crippen molar-refractivity contribution in [3.8, 4) is 5.75 Å². The molecular formula is C22H24N2O4S. The van der Waals surface area contributed by atoms with Crippen LogP contribution in [0.15, 0.2) is 55.1 Å². The van der Waals surface area contributed by atoms with E-state index in [-0.39, 0.29) is 17.0 Å². The number of ether oxygens (including phenoxy) is 2. The van der Waals surface area contributed by atoms with Crippen LogP contribution < -0.4 is 4.74 Å². The number of methoxy groups -OCH3 is 1. The molecule has 0 bridgehead atoms. The van der Waals surface area contributed by atoms with E-state index in [9.17, 15) is 9.59 Å². The number of nitrogens with zero attached hydrogens (tertiary/aromatic N) is 2. The van der Waals surface area contributed by atoms with Gasteiger partial charge in [-0.1, -0.05) is 36.9 Å². The molecule has 2 aromatic rings. The third-order valence-corrected chi connectivity index (χ3v) is 5.71. The van der Waals surface area contributed by atoms with Gasteiger partial charge in [0.05, 0.1) is 19.0 Å². The van der Waals surface area contributed by atoms with E-state index in [4.69, 9.17) is 9.47 Å². The molecule has 1 aliphatic rings. The molecule has 0 aliphatic carbocycles. The number of hydrogen-bond donors (Lipinski definition) is 0. The van der Waals surface area contributed by atoms with E-state index in [1.165, 1.54) is 12.7 Å². The monoisotopic (exact) mass is 412 g/mol. The molecule has 6 nitrogen and oxygen atoms in total. The summed E-state index contributed by atoms with van der Waals surface area (Å²) in [5.41, 5.74) is 3.18. The number of benzene rings is 1. The van der Waals surface area contributed by atoms with Crippen LogP contribution >= 0.6 is 11.8 Å². The summed E-state index contributed by atoms with van der Waals surface area (Å²) in [6, 6.07) is 11.7. The van der Waals surface area contributed by atoms with Crippen molar-refractivity contribution in [1.82, 2.24) is 9.88 Å². The van der Waals surface area contributed by atoms with Crippen molar-refractivity contribution < 1.29 is 19.1 Å². The lowest BCUT2D eigenvalue weighted by Crippen LogP contribution is -2.31. The van der Waals surface area contributed by atoms with Gasteiger partial charge >= 0.3 is 0 Å². The first kappa shape index (κ1) is 20.9. The Labute approximate surface area is 174 Å². The maximum atomic E-state index is 12.4. The standard InChI is InChI=1S/C22H24N2O4S/c1-4-16-5-8-18(23-14-16)11-12-28-19-9-6-17(7-10-19)13-20-21(25)24(15(2)27-3)22(26)29-20/h5-10,14,20H,2,4,11-13H2,1,3H3. The number of hydrogen-bond acceptors (Lipinski definition) is 6. The summed E-state index contributed by atoms with van der Waals surface area (Å²) in [7, 11) is 1.38. The molecule has 29 heavy (non-hydrogen) atoms. The number of rotatable bonds is 9. The minimum atomic E-state index is -0.474. The van der Waals surface area contributed by atoms with Crippen molar-refractivity contribution in [2.24, 2.45) is 0 Å². The minimum absolute atomic E-state index is 0.0533. The van der Waals surface area contributed by atoms with Gasteiger partial charge in [0.1, 0.15) is 5.75 Å². The molecule has 1 aromatic carbocycles. The average molecular weight is 413 g/mol. The number of amides is 2. The minimum Gasteiger partial charge on any atom is -0.493 e. The van der Waals surface area contributed by atoms with Gasteiger partial charge in [0.2, 0.25) is 0 Å². The van der Waals surface area contributed by atoms with Gasteiger partial charge in [0.15, 0.2) is 5.88 Å². The van der Waals surface area contributed by atoms with Crippen molar-refractivity contribution in [2.45, 2.75) is 31.4 Å². The number of pyridine rings is 1. The van der Waals surface area contributed by atoms with E-state index < -0.39 is 5.25 Å². The largest absolute Gasteiger partial charge is 0.493 e. The second kappa shape index (κ2) is 9.60. The first-order valence-corrected chi connectivity index (χ1v) is 10.3. The molecule has 0 radical (unpaired) electrons. The molecule has 1 aromatic heterocycles. The van der Waals surface area contributed by atoms with Crippen molar-refractivity contribution in [1.29, 1.82) is 0 Å². The normalized spacial score (nSPS) is 16.2. The smallest absolute Gasteiger partial charge is 0.296 e. The molecule has 152 valence electrons. The third-order valence-electron chi connectivity index (χ3n) is 4.67. The van der Waals surface area contributed by atoms with E-state index in [1.54, 1.807) is 0 Å². The quantitative estimate of drug-likeness (QED) is 0.580. The van der Waals surface area contributed by atoms with Crippen LogP contribution in [-0.2, 0) is 28.8 Å². The number of imide groups is 1. The maximum absolute atomic E-state index is 12.4. The van der Waals surface area contributed by atoms with Gasteiger partial charge in [-0.15, -0.1) is 0 Å². The van der Waals surface area contributed by atoms with Crippen LogP contribution in [0.1, 0.15) is 23.7 Å². The van der Waals surface area contributed by atoms with Crippen LogP contribution in [-0.4, -0.2) is 40.0 Å². The highest BCUT2D eigenvalue weighted by molar-refractivity contribution is 8.15. The lowest BCUT2D eigenvalue weighted by molar-refractivity contribution is -0.126. The fourth-order valence-corrected chi connectivity index (χ4v) is 3.95. The highest BCUT2D eigenvalue weighted by atomic mass is 32.2. The summed E-state index contributed by atoms with van der Waals surface area (Å²) in [5, 5.41) is -0.828. The predicted molar refractivity (Wildman–Crippen MR) is 113 cm³/mol. The van der Waals surface area contributed by atoms with Crippen LogP contribution in [0.25, 0.3) is 0 Å². The first-order chi connectivity index (χ1) is 14.0. The summed E-state index contributed by atoms with van der Waals surface area (Å²) in [6.45, 7) is 6.24. The van der Waals surface area contributed by atoms with Crippen LogP contribution in [0.4, 0.5) is 4.79 Å². The fourth-order valence-electron chi connectivity index (χ4n) is 2.93. The lowest BCUT2D eigenvalue weighted by Gasteiger charge is -2.14. The molecule has 0 N–H and O–H groups in total. The molecule has 2 heterocycles. The summed E-state index contributed by atoms with van der Waals surface area (Å²) in [5.74, 6) is 0.515. The molecule has 1 unspecified atom stereocenters. The Hall–Kier alpha value is -2.80. The van der Waals surface area contributed by atoms with E-state index in [0.717, 1.165) is 46.5 Å². The zero-order chi connectivity index (χ0) is 20.8. The Kier molecular flexibility index (Phi) is 6.93. The van der Waals surface area contributed by atoms with Gasteiger partial charge < -0.3 is 9.47 Å². The van der Waals surface area contributed by atoms with Gasteiger partial charge in [0.25, 0.3) is 11.1 Å². The molecule has 1 saturated heterocycles. The fraction of sp³-hybridized carbons (Fsp3) is 0.318. The average Bonchev–Trinajstić information content (AvgIpc) is 3.02. The van der Waals surface area contributed by atoms with Gasteiger partial charge in [-0.2, -0.15) is 0 Å². The molecule has 3 rings (SSSR count). The highest BCUT2D eigenvalue weighted by Gasteiger charge is 2.41. The van der Waals surface area contributed by atoms with Crippen molar-refractivity contribution >= 4 is 22.9 Å². The Balaban J connectivity index is 1.50. The maximum Gasteiger partial charge on any atom is 0.296 e. The van der Waals surface area contributed by atoms with Crippen LogP contribution in [0, 0.1) is 0 Å². The van der Waals surface area contributed by atoms with Gasteiger partial charge in [-0.3, -0.25) is 14.6 Å². The van der Waals surface area contributed by atoms with Crippen LogP contribution in [0.5, 0.6) is 5.75 Å². The summed E-state index contributed by atoms with van der Waals surface area (Å²) in [4.78, 5) is 29.9. The van der Waals surface area contributed by atoms with Crippen LogP contribution in [0.2, 0.25) is 0 Å². The van der Waals surface area contributed by atoms with E-state index in [0.29, 0.717) is 13.0 Å². The first-order valence-electron chi connectivity index (χ1n) is 9.44. The third kappa shape index (κ3) is 5.17. The number of carbonyl (C=O) groups excluding carboxylic acids is 2. The second-order valence-electron chi connectivity index (χ2n) is 6.60. The molecule has 0 saturated carbocycles. The molecule has 7 heteroatoms. The number of thioether (sulfide) groups is 1. The molecular weight excluding hydrogens is 388 g/mol. The predicted octanol–water partition coefficient (Wildman–Crippen LogP) is 3.99. The number of carbonyl (C=O) groups is 2. The highest BCUT2D eigenvalue weighted by Crippen LogP contribution is 2.32. The second-order valence-corrected chi connectivity index (χ2v) is 7.76. The Morgan fingerprint density at radius 2 is 1.90 bits per heavy atom. The van der Waals surface area contributed by atoms with Gasteiger partial charge in [0, 0.05) is 18.3 Å². The van der Waals surface area contributed by atoms with Crippen LogP contribution in [0.3, 0.4) is 0 Å². The molecule has 2 amide bonds. The molecule has 0 spiro atoms. The SMILES string of the molecule is C=C(OC)N1C(=O)SC(Cc2ccc(OCCc3ccc(CC)cn3)cc2)C1=O. The molecule has 1 atom stereocenters. The van der Waals surface area contributed by atoms with Crippen molar-refractivity contribution in [3.05, 3.63) is 71.9 Å². The zero-order valence-electron chi connectivity index (χ0n) is 16.6. The zero-order valence-corrected chi connectivity index (χ0v) is 17.4. The summed E-state index contributed by atoms with van der Waals surface area (Å²) >= 11 is 0.997. The van der Waals surface area contributed by atoms with E-state index in [1.807, 2.05) is 36.5 Å². The Bertz CT molecular complexity index is 881. The molecule has 1 aliphatic heterocycles.